The van der Waals surface area contributed by atoms with Gasteiger partial charge in [0.25, 0.3) is 5.91 Å². The van der Waals surface area contributed by atoms with Crippen LogP contribution in [0.4, 0.5) is 0 Å². The molecule has 5 heteroatoms. The molecule has 1 amide bonds. The number of piperidine rings is 1. The fourth-order valence-electron chi connectivity index (χ4n) is 2.48. The number of amides is 1. The van der Waals surface area contributed by atoms with Crippen molar-refractivity contribution >= 4 is 29.1 Å². The zero-order valence-corrected chi connectivity index (χ0v) is 12.5. The Morgan fingerprint density at radius 1 is 1.47 bits per heavy atom. The summed E-state index contributed by atoms with van der Waals surface area (Å²) in [5, 5.41) is 4.32. The van der Waals surface area contributed by atoms with Gasteiger partial charge in [-0.3, -0.25) is 4.79 Å². The average Bonchev–Trinajstić information content (AvgIpc) is 2.43. The van der Waals surface area contributed by atoms with Crippen molar-refractivity contribution in [3.63, 3.8) is 0 Å². The Morgan fingerprint density at radius 2 is 2.26 bits per heavy atom. The molecule has 1 aliphatic heterocycles. The summed E-state index contributed by atoms with van der Waals surface area (Å²) in [6.07, 6.45) is 2.13. The number of hydrogen-bond donors (Lipinski definition) is 1. The van der Waals surface area contributed by atoms with Crippen molar-refractivity contribution in [1.29, 1.82) is 0 Å². The minimum absolute atomic E-state index is 0.0382. The highest BCUT2D eigenvalue weighted by Crippen LogP contribution is 2.23. The second-order valence-corrected chi connectivity index (χ2v) is 5.56. The van der Waals surface area contributed by atoms with Crippen LogP contribution >= 0.6 is 23.2 Å². The highest BCUT2D eigenvalue weighted by molar-refractivity contribution is 6.35. The van der Waals surface area contributed by atoms with Crippen LogP contribution in [0.1, 0.15) is 30.1 Å². The Kier molecular flexibility index (Phi) is 5.08. The smallest absolute Gasteiger partial charge is 0.255 e. The maximum Gasteiger partial charge on any atom is 0.255 e. The van der Waals surface area contributed by atoms with Gasteiger partial charge in [-0.15, -0.1) is 0 Å². The molecule has 19 heavy (non-hydrogen) atoms. The third-order valence-electron chi connectivity index (χ3n) is 3.47. The van der Waals surface area contributed by atoms with E-state index in [2.05, 4.69) is 5.32 Å². The number of nitrogens with one attached hydrogen (secondary N) is 1. The van der Waals surface area contributed by atoms with E-state index >= 15 is 0 Å². The van der Waals surface area contributed by atoms with E-state index in [4.69, 9.17) is 23.2 Å². The van der Waals surface area contributed by atoms with Gasteiger partial charge >= 0.3 is 0 Å². The van der Waals surface area contributed by atoms with Gasteiger partial charge in [-0.05, 0) is 44.5 Å². The van der Waals surface area contributed by atoms with Crippen molar-refractivity contribution in [2.24, 2.45) is 0 Å². The molecule has 0 radical (unpaired) electrons. The first-order chi connectivity index (χ1) is 9.13. The largest absolute Gasteiger partial charge is 0.335 e. The van der Waals surface area contributed by atoms with E-state index in [0.717, 1.165) is 25.9 Å². The Bertz CT molecular complexity index is 459. The van der Waals surface area contributed by atoms with Gasteiger partial charge in [-0.2, -0.15) is 0 Å². The summed E-state index contributed by atoms with van der Waals surface area (Å²) in [6.45, 7) is 4.54. The molecular weight excluding hydrogens is 283 g/mol. The van der Waals surface area contributed by atoms with Gasteiger partial charge in [-0.25, -0.2) is 0 Å². The SMILES string of the molecule is CCN(C(=O)c1cc(Cl)ccc1Cl)C1CCCNC1. The minimum atomic E-state index is -0.0382. The Morgan fingerprint density at radius 3 is 2.89 bits per heavy atom. The summed E-state index contributed by atoms with van der Waals surface area (Å²) >= 11 is 12.1. The van der Waals surface area contributed by atoms with E-state index in [0.29, 0.717) is 22.2 Å². The van der Waals surface area contributed by atoms with Crippen molar-refractivity contribution in [2.75, 3.05) is 19.6 Å². The molecule has 1 fully saturated rings. The molecule has 1 atom stereocenters. The van der Waals surface area contributed by atoms with Gasteiger partial charge in [0.1, 0.15) is 0 Å². The molecule has 2 rings (SSSR count). The first-order valence-electron chi connectivity index (χ1n) is 6.60. The lowest BCUT2D eigenvalue weighted by Gasteiger charge is -2.34. The van der Waals surface area contributed by atoms with Crippen molar-refractivity contribution in [3.05, 3.63) is 33.8 Å². The molecule has 0 spiro atoms. The first kappa shape index (κ1) is 14.6. The first-order valence-corrected chi connectivity index (χ1v) is 7.35. The third-order valence-corrected chi connectivity index (χ3v) is 4.04. The van der Waals surface area contributed by atoms with Crippen LogP contribution in [0.25, 0.3) is 0 Å². The number of hydrogen-bond acceptors (Lipinski definition) is 2. The lowest BCUT2D eigenvalue weighted by atomic mass is 10.0. The number of nitrogens with zero attached hydrogens (tertiary/aromatic N) is 1. The number of benzene rings is 1. The van der Waals surface area contributed by atoms with Crippen LogP contribution < -0.4 is 5.32 Å². The van der Waals surface area contributed by atoms with Crippen molar-refractivity contribution in [3.8, 4) is 0 Å². The van der Waals surface area contributed by atoms with Gasteiger partial charge in [0.15, 0.2) is 0 Å². The molecular formula is C14H18Cl2N2O. The van der Waals surface area contributed by atoms with E-state index in [9.17, 15) is 4.79 Å². The minimum Gasteiger partial charge on any atom is -0.335 e. The van der Waals surface area contributed by atoms with Crippen LogP contribution in [-0.2, 0) is 0 Å². The highest BCUT2D eigenvalue weighted by atomic mass is 35.5. The number of carbonyl (C=O) groups is 1. The fraction of sp³-hybridized carbons (Fsp3) is 0.500. The van der Waals surface area contributed by atoms with E-state index in [1.54, 1.807) is 18.2 Å². The summed E-state index contributed by atoms with van der Waals surface area (Å²) in [5.41, 5.74) is 0.488. The van der Waals surface area contributed by atoms with E-state index in [-0.39, 0.29) is 11.9 Å². The number of carbonyl (C=O) groups excluding carboxylic acids is 1. The normalized spacial score (nSPS) is 19.2. The maximum absolute atomic E-state index is 12.6. The Hall–Kier alpha value is -0.770. The quantitative estimate of drug-likeness (QED) is 0.930. The van der Waals surface area contributed by atoms with Crippen LogP contribution in [0.5, 0.6) is 0 Å². The fourth-order valence-corrected chi connectivity index (χ4v) is 2.85. The molecule has 1 N–H and O–H groups in total. The van der Waals surface area contributed by atoms with Crippen LogP contribution in [0.3, 0.4) is 0 Å². The molecule has 1 saturated heterocycles. The maximum atomic E-state index is 12.6. The predicted molar refractivity (Wildman–Crippen MR) is 79.1 cm³/mol. The third kappa shape index (κ3) is 3.41. The lowest BCUT2D eigenvalue weighted by Crippen LogP contribution is -2.48. The average molecular weight is 301 g/mol. The lowest BCUT2D eigenvalue weighted by molar-refractivity contribution is 0.0662. The van der Waals surface area contributed by atoms with Gasteiger partial charge < -0.3 is 10.2 Å². The molecule has 1 aliphatic rings. The van der Waals surface area contributed by atoms with Gasteiger partial charge in [0.2, 0.25) is 0 Å². The van der Waals surface area contributed by atoms with Crippen LogP contribution in [-0.4, -0.2) is 36.5 Å². The molecule has 0 saturated carbocycles. The summed E-state index contributed by atoms with van der Waals surface area (Å²) in [5.74, 6) is -0.0382. The molecule has 0 aliphatic carbocycles. The monoisotopic (exact) mass is 300 g/mol. The topological polar surface area (TPSA) is 32.3 Å². The molecule has 3 nitrogen and oxygen atoms in total. The van der Waals surface area contributed by atoms with Gasteiger partial charge in [0, 0.05) is 24.2 Å². The number of likely N-dealkylation sites (N-methyl/N-ethyl adjacent to an activating group) is 1. The number of rotatable bonds is 3. The molecule has 0 aromatic heterocycles. The van der Waals surface area contributed by atoms with E-state index in [1.807, 2.05) is 11.8 Å². The molecule has 1 unspecified atom stereocenters. The van der Waals surface area contributed by atoms with Crippen molar-refractivity contribution < 1.29 is 4.79 Å². The van der Waals surface area contributed by atoms with Crippen molar-refractivity contribution in [1.82, 2.24) is 10.2 Å². The second-order valence-electron chi connectivity index (χ2n) is 4.72. The summed E-state index contributed by atoms with van der Waals surface area (Å²) < 4.78 is 0. The Balaban J connectivity index is 2.22. The van der Waals surface area contributed by atoms with Crippen LogP contribution in [0.15, 0.2) is 18.2 Å². The second kappa shape index (κ2) is 6.60. The number of halogens is 2. The molecule has 1 aromatic carbocycles. The van der Waals surface area contributed by atoms with Crippen LogP contribution in [0, 0.1) is 0 Å². The van der Waals surface area contributed by atoms with Gasteiger partial charge in [-0.1, -0.05) is 23.2 Å². The zero-order valence-electron chi connectivity index (χ0n) is 11.0. The van der Waals surface area contributed by atoms with E-state index < -0.39 is 0 Å². The molecule has 104 valence electrons. The highest BCUT2D eigenvalue weighted by Gasteiger charge is 2.26. The summed E-state index contributed by atoms with van der Waals surface area (Å²) in [7, 11) is 0. The summed E-state index contributed by atoms with van der Waals surface area (Å²) in [6, 6.07) is 5.25. The molecule has 1 heterocycles. The molecule has 0 bridgehead atoms. The van der Waals surface area contributed by atoms with Crippen molar-refractivity contribution in [2.45, 2.75) is 25.8 Å². The van der Waals surface area contributed by atoms with Crippen LogP contribution in [0.2, 0.25) is 10.0 Å². The zero-order chi connectivity index (χ0) is 13.8. The Labute approximate surface area is 123 Å². The standard InChI is InChI=1S/C14H18Cl2N2O/c1-2-18(11-4-3-7-17-9-11)14(19)12-8-10(15)5-6-13(12)16/h5-6,8,11,17H,2-4,7,9H2,1H3. The molecule has 1 aromatic rings. The summed E-state index contributed by atoms with van der Waals surface area (Å²) in [4.78, 5) is 14.5. The predicted octanol–water partition coefficient (Wildman–Crippen LogP) is 3.21. The van der Waals surface area contributed by atoms with Gasteiger partial charge in [0.05, 0.1) is 10.6 Å². The van der Waals surface area contributed by atoms with E-state index in [1.165, 1.54) is 0 Å².